The van der Waals surface area contributed by atoms with Crippen LogP contribution in [0.1, 0.15) is 18.2 Å². The molecule has 14 heavy (non-hydrogen) atoms. The Bertz CT molecular complexity index is 223. The van der Waals surface area contributed by atoms with Crippen molar-refractivity contribution in [1.29, 1.82) is 0 Å². The Morgan fingerprint density at radius 2 is 2.29 bits per heavy atom. The van der Waals surface area contributed by atoms with Gasteiger partial charge in [0.25, 0.3) is 0 Å². The number of rotatable bonds is 7. The van der Waals surface area contributed by atoms with E-state index in [2.05, 4.69) is 45.3 Å². The second kappa shape index (κ2) is 7.43. The maximum atomic E-state index is 3.47. The highest BCUT2D eigenvalue weighted by molar-refractivity contribution is 9.09. The Hall–Kier alpha value is 0.140. The van der Waals surface area contributed by atoms with Gasteiger partial charge in [-0.15, -0.1) is 11.3 Å². The Morgan fingerprint density at radius 3 is 2.86 bits per heavy atom. The van der Waals surface area contributed by atoms with E-state index in [1.165, 1.54) is 37.4 Å². The van der Waals surface area contributed by atoms with Crippen LogP contribution in [0, 0.1) is 0 Å². The summed E-state index contributed by atoms with van der Waals surface area (Å²) in [4.78, 5) is 4.02. The maximum absolute atomic E-state index is 3.47. The molecule has 0 N–H and O–H groups in total. The first kappa shape index (κ1) is 12.2. The van der Waals surface area contributed by atoms with E-state index in [4.69, 9.17) is 0 Å². The van der Waals surface area contributed by atoms with Crippen LogP contribution >= 0.6 is 27.3 Å². The summed E-state index contributed by atoms with van der Waals surface area (Å²) in [6.07, 6.45) is 2.45. The molecule has 0 fully saturated rings. The van der Waals surface area contributed by atoms with Crippen molar-refractivity contribution < 1.29 is 0 Å². The average Bonchev–Trinajstić information content (AvgIpc) is 2.71. The van der Waals surface area contributed by atoms with Gasteiger partial charge < -0.3 is 4.90 Å². The fraction of sp³-hybridized carbons (Fsp3) is 0.636. The minimum atomic E-state index is 1.11. The van der Waals surface area contributed by atoms with Crippen molar-refractivity contribution in [3.63, 3.8) is 0 Å². The third kappa shape index (κ3) is 4.58. The lowest BCUT2D eigenvalue weighted by atomic mass is 10.3. The van der Waals surface area contributed by atoms with Crippen molar-refractivity contribution >= 4 is 27.3 Å². The van der Waals surface area contributed by atoms with Gasteiger partial charge in [-0.1, -0.05) is 28.9 Å². The lowest BCUT2D eigenvalue weighted by Gasteiger charge is -2.19. The van der Waals surface area contributed by atoms with E-state index >= 15 is 0 Å². The minimum absolute atomic E-state index is 1.11. The van der Waals surface area contributed by atoms with E-state index in [0.29, 0.717) is 0 Å². The molecule has 0 radical (unpaired) electrons. The molecule has 0 aliphatic heterocycles. The SMILES string of the molecule is CCN(CCCBr)CCc1cccs1. The van der Waals surface area contributed by atoms with Crippen LogP contribution < -0.4 is 0 Å². The standard InChI is InChI=1S/C11H18BrNS/c1-2-13(8-4-7-12)9-6-11-5-3-10-14-11/h3,5,10H,2,4,6-9H2,1H3. The van der Waals surface area contributed by atoms with E-state index in [1.807, 2.05) is 11.3 Å². The molecule has 0 aliphatic rings. The van der Waals surface area contributed by atoms with Gasteiger partial charge in [-0.2, -0.15) is 0 Å². The second-order valence-corrected chi connectivity index (χ2v) is 5.13. The smallest absolute Gasteiger partial charge is 0.00579 e. The van der Waals surface area contributed by atoms with E-state index in [9.17, 15) is 0 Å². The molecule has 0 atom stereocenters. The van der Waals surface area contributed by atoms with Crippen LogP contribution in [0.2, 0.25) is 0 Å². The molecule has 1 heterocycles. The molecule has 0 saturated carbocycles. The molecule has 0 aliphatic carbocycles. The molecule has 0 unspecified atom stereocenters. The number of alkyl halides is 1. The van der Waals surface area contributed by atoms with Gasteiger partial charge in [0.2, 0.25) is 0 Å². The molecule has 0 amide bonds. The molecular weight excluding hydrogens is 258 g/mol. The molecule has 0 aromatic carbocycles. The van der Waals surface area contributed by atoms with E-state index in [0.717, 1.165) is 5.33 Å². The van der Waals surface area contributed by atoms with Gasteiger partial charge in [-0.05, 0) is 37.4 Å². The van der Waals surface area contributed by atoms with Gasteiger partial charge >= 0.3 is 0 Å². The maximum Gasteiger partial charge on any atom is 0.00579 e. The van der Waals surface area contributed by atoms with Crippen molar-refractivity contribution in [1.82, 2.24) is 4.90 Å². The van der Waals surface area contributed by atoms with Crippen LogP contribution in [0.25, 0.3) is 0 Å². The fourth-order valence-corrected chi connectivity index (χ4v) is 2.38. The molecule has 0 saturated heterocycles. The summed E-state index contributed by atoms with van der Waals surface area (Å²) in [7, 11) is 0. The van der Waals surface area contributed by atoms with Crippen LogP contribution in [0.5, 0.6) is 0 Å². The third-order valence-electron chi connectivity index (χ3n) is 2.31. The zero-order chi connectivity index (χ0) is 10.2. The molecule has 0 spiro atoms. The molecule has 1 rings (SSSR count). The average molecular weight is 276 g/mol. The molecule has 0 bridgehead atoms. The lowest BCUT2D eigenvalue weighted by Crippen LogP contribution is -2.27. The summed E-state index contributed by atoms with van der Waals surface area (Å²) in [6, 6.07) is 4.36. The summed E-state index contributed by atoms with van der Waals surface area (Å²) < 4.78 is 0. The zero-order valence-corrected chi connectivity index (χ0v) is 11.1. The fourth-order valence-electron chi connectivity index (χ4n) is 1.43. The van der Waals surface area contributed by atoms with E-state index < -0.39 is 0 Å². The number of thiophene rings is 1. The van der Waals surface area contributed by atoms with Crippen LogP contribution in [-0.2, 0) is 6.42 Å². The van der Waals surface area contributed by atoms with Gasteiger partial charge in [-0.3, -0.25) is 0 Å². The van der Waals surface area contributed by atoms with Gasteiger partial charge in [0.05, 0.1) is 0 Å². The summed E-state index contributed by atoms with van der Waals surface area (Å²) in [5.74, 6) is 0. The van der Waals surface area contributed by atoms with Crippen LogP contribution in [-0.4, -0.2) is 29.9 Å². The molecule has 1 nitrogen and oxygen atoms in total. The molecule has 1 aromatic heterocycles. The predicted octanol–water partition coefficient (Wildman–Crippen LogP) is 3.40. The lowest BCUT2D eigenvalue weighted by molar-refractivity contribution is 0.294. The number of halogens is 1. The number of likely N-dealkylation sites (N-methyl/N-ethyl adjacent to an activating group) is 1. The summed E-state index contributed by atoms with van der Waals surface area (Å²) in [6.45, 7) is 5.82. The van der Waals surface area contributed by atoms with Crippen molar-refractivity contribution in [2.24, 2.45) is 0 Å². The van der Waals surface area contributed by atoms with E-state index in [-0.39, 0.29) is 0 Å². The van der Waals surface area contributed by atoms with Crippen LogP contribution in [0.4, 0.5) is 0 Å². The topological polar surface area (TPSA) is 3.24 Å². The predicted molar refractivity (Wildman–Crippen MR) is 68.5 cm³/mol. The Morgan fingerprint density at radius 1 is 1.43 bits per heavy atom. The van der Waals surface area contributed by atoms with Crippen molar-refractivity contribution in [2.75, 3.05) is 25.0 Å². The number of hydrogen-bond acceptors (Lipinski definition) is 2. The van der Waals surface area contributed by atoms with Crippen LogP contribution in [0.15, 0.2) is 17.5 Å². The molecule has 1 aromatic rings. The Kier molecular flexibility index (Phi) is 6.48. The summed E-state index contributed by atoms with van der Waals surface area (Å²) >= 11 is 5.34. The van der Waals surface area contributed by atoms with Crippen molar-refractivity contribution in [2.45, 2.75) is 19.8 Å². The van der Waals surface area contributed by atoms with Crippen molar-refractivity contribution in [3.05, 3.63) is 22.4 Å². The van der Waals surface area contributed by atoms with Crippen molar-refractivity contribution in [3.8, 4) is 0 Å². The van der Waals surface area contributed by atoms with Crippen LogP contribution in [0.3, 0.4) is 0 Å². The first-order valence-corrected chi connectivity index (χ1v) is 7.17. The largest absolute Gasteiger partial charge is 0.303 e. The Balaban J connectivity index is 2.20. The number of nitrogens with zero attached hydrogens (tertiary/aromatic N) is 1. The normalized spacial score (nSPS) is 11.1. The molecule has 80 valence electrons. The zero-order valence-electron chi connectivity index (χ0n) is 8.71. The highest BCUT2D eigenvalue weighted by atomic mass is 79.9. The summed E-state index contributed by atoms with van der Waals surface area (Å²) in [5, 5.41) is 3.27. The highest BCUT2D eigenvalue weighted by Gasteiger charge is 2.02. The van der Waals surface area contributed by atoms with Gasteiger partial charge in [0.1, 0.15) is 0 Å². The summed E-state index contributed by atoms with van der Waals surface area (Å²) in [5.41, 5.74) is 0. The van der Waals surface area contributed by atoms with Gasteiger partial charge in [-0.25, -0.2) is 0 Å². The van der Waals surface area contributed by atoms with Gasteiger partial charge in [0, 0.05) is 16.8 Å². The van der Waals surface area contributed by atoms with E-state index in [1.54, 1.807) is 0 Å². The van der Waals surface area contributed by atoms with Gasteiger partial charge in [0.15, 0.2) is 0 Å². The molecule has 3 heteroatoms. The highest BCUT2D eigenvalue weighted by Crippen LogP contribution is 2.09. The Labute approximate surface area is 99.3 Å². The number of hydrogen-bond donors (Lipinski definition) is 0. The minimum Gasteiger partial charge on any atom is -0.303 e. The second-order valence-electron chi connectivity index (χ2n) is 3.31. The monoisotopic (exact) mass is 275 g/mol. The first-order chi connectivity index (χ1) is 6.86. The third-order valence-corrected chi connectivity index (χ3v) is 3.81. The quantitative estimate of drug-likeness (QED) is 0.690. The molecular formula is C11H18BrNS. The first-order valence-electron chi connectivity index (χ1n) is 5.17.